The van der Waals surface area contributed by atoms with Crippen LogP contribution in [-0.4, -0.2) is 67.8 Å². The standard InChI is InChI=1S/C13H16N8O6/c1-2-27-9(24)4-16-7(22)3-15-8(23)5-21-13(26)20-6-17-10(11(14)25)12(20)18-19-21/h6H,2-5H2,1H3,(H2,14,25)(H,15,23)(H,16,22). The summed E-state index contributed by atoms with van der Waals surface area (Å²) in [5.41, 5.74) is 3.96. The minimum atomic E-state index is -0.879. The third-order valence-corrected chi connectivity index (χ3v) is 3.12. The highest BCUT2D eigenvalue weighted by molar-refractivity contribution is 5.96. The summed E-state index contributed by atoms with van der Waals surface area (Å²) in [6.45, 7) is 0.535. The van der Waals surface area contributed by atoms with Gasteiger partial charge in [0, 0.05) is 0 Å². The fourth-order valence-corrected chi connectivity index (χ4v) is 1.93. The van der Waals surface area contributed by atoms with Crippen LogP contribution in [0.1, 0.15) is 17.4 Å². The molecule has 2 rings (SSSR count). The van der Waals surface area contributed by atoms with Crippen LogP contribution in [0.5, 0.6) is 0 Å². The van der Waals surface area contributed by atoms with Crippen molar-refractivity contribution in [3.8, 4) is 0 Å². The molecule has 0 bridgehead atoms. The fourth-order valence-electron chi connectivity index (χ4n) is 1.93. The van der Waals surface area contributed by atoms with Gasteiger partial charge in [-0.15, -0.1) is 5.10 Å². The van der Waals surface area contributed by atoms with Gasteiger partial charge in [-0.1, -0.05) is 5.21 Å². The van der Waals surface area contributed by atoms with E-state index in [9.17, 15) is 24.0 Å². The minimum absolute atomic E-state index is 0.137. The molecule has 0 aromatic carbocycles. The quantitative estimate of drug-likeness (QED) is 0.385. The summed E-state index contributed by atoms with van der Waals surface area (Å²) in [5, 5.41) is 11.7. The molecule has 0 aliphatic carbocycles. The molecular weight excluding hydrogens is 364 g/mol. The SMILES string of the molecule is CCOC(=O)CNC(=O)CNC(=O)Cn1nnc2c(C(N)=O)ncn2c1=O. The van der Waals surface area contributed by atoms with E-state index < -0.39 is 42.5 Å². The molecule has 4 N–H and O–H groups in total. The smallest absolute Gasteiger partial charge is 0.353 e. The molecule has 0 aliphatic rings. The molecule has 2 aromatic heterocycles. The zero-order valence-electron chi connectivity index (χ0n) is 14.2. The van der Waals surface area contributed by atoms with E-state index in [0.717, 1.165) is 10.7 Å². The average molecular weight is 380 g/mol. The van der Waals surface area contributed by atoms with Crippen molar-refractivity contribution in [1.29, 1.82) is 0 Å². The van der Waals surface area contributed by atoms with Crippen molar-refractivity contribution in [3.63, 3.8) is 0 Å². The van der Waals surface area contributed by atoms with Gasteiger partial charge in [0.25, 0.3) is 5.91 Å². The number of primary amides is 1. The summed E-state index contributed by atoms with van der Waals surface area (Å²) in [4.78, 5) is 61.5. The molecule has 0 aliphatic heterocycles. The predicted molar refractivity (Wildman–Crippen MR) is 86.2 cm³/mol. The normalized spacial score (nSPS) is 10.4. The fraction of sp³-hybridized carbons (Fsp3) is 0.385. The number of esters is 1. The third-order valence-electron chi connectivity index (χ3n) is 3.12. The monoisotopic (exact) mass is 380 g/mol. The summed E-state index contributed by atoms with van der Waals surface area (Å²) in [6.07, 6.45) is 1.03. The highest BCUT2D eigenvalue weighted by Gasteiger charge is 2.16. The first-order valence-electron chi connectivity index (χ1n) is 7.63. The van der Waals surface area contributed by atoms with E-state index in [1.54, 1.807) is 6.92 Å². The number of nitrogens with zero attached hydrogens (tertiary/aromatic N) is 5. The average Bonchev–Trinajstić information content (AvgIpc) is 3.06. The molecule has 0 fully saturated rings. The van der Waals surface area contributed by atoms with E-state index in [0.29, 0.717) is 4.68 Å². The molecule has 0 radical (unpaired) electrons. The van der Waals surface area contributed by atoms with E-state index in [1.165, 1.54) is 0 Å². The van der Waals surface area contributed by atoms with Crippen LogP contribution in [0.4, 0.5) is 0 Å². The van der Waals surface area contributed by atoms with E-state index in [-0.39, 0.29) is 24.5 Å². The van der Waals surface area contributed by atoms with Crippen molar-refractivity contribution >= 4 is 29.3 Å². The topological polar surface area (TPSA) is 193 Å². The second-order valence-electron chi connectivity index (χ2n) is 5.04. The predicted octanol–water partition coefficient (Wildman–Crippen LogP) is -3.82. The van der Waals surface area contributed by atoms with Crippen LogP contribution in [0.2, 0.25) is 0 Å². The van der Waals surface area contributed by atoms with Gasteiger partial charge in [-0.3, -0.25) is 19.2 Å². The molecule has 0 saturated heterocycles. The van der Waals surface area contributed by atoms with Gasteiger partial charge in [-0.05, 0) is 6.92 Å². The molecule has 14 nitrogen and oxygen atoms in total. The first-order chi connectivity index (χ1) is 12.8. The number of nitrogens with two attached hydrogens (primary N) is 1. The maximum atomic E-state index is 12.2. The first kappa shape index (κ1) is 19.5. The summed E-state index contributed by atoms with van der Waals surface area (Å²) >= 11 is 0. The lowest BCUT2D eigenvalue weighted by molar-refractivity contribution is -0.143. The zero-order chi connectivity index (χ0) is 20.0. The van der Waals surface area contributed by atoms with Crippen LogP contribution in [-0.2, 0) is 25.7 Å². The Bertz CT molecular complexity index is 948. The summed E-state index contributed by atoms with van der Waals surface area (Å²) in [6, 6.07) is 0. The van der Waals surface area contributed by atoms with Gasteiger partial charge < -0.3 is 21.1 Å². The van der Waals surface area contributed by atoms with Crippen LogP contribution in [0.15, 0.2) is 11.1 Å². The van der Waals surface area contributed by atoms with Crippen molar-refractivity contribution in [1.82, 2.24) is 35.0 Å². The Balaban J connectivity index is 1.93. The highest BCUT2D eigenvalue weighted by Crippen LogP contribution is 2.00. The van der Waals surface area contributed by atoms with E-state index in [4.69, 9.17) is 5.73 Å². The largest absolute Gasteiger partial charge is 0.465 e. The van der Waals surface area contributed by atoms with Gasteiger partial charge in [0.15, 0.2) is 11.3 Å². The summed E-state index contributed by atoms with van der Waals surface area (Å²) < 4.78 is 6.25. The number of ether oxygens (including phenoxy) is 1. The number of hydrogen-bond acceptors (Lipinski definition) is 9. The molecule has 0 saturated carbocycles. The van der Waals surface area contributed by atoms with Crippen molar-refractivity contribution in [2.24, 2.45) is 5.73 Å². The maximum absolute atomic E-state index is 12.2. The molecular formula is C13H16N8O6. The molecule has 0 unspecified atom stereocenters. The number of fused-ring (bicyclic) bond motifs is 1. The van der Waals surface area contributed by atoms with Gasteiger partial charge in [0.2, 0.25) is 11.8 Å². The number of carbonyl (C=O) groups is 4. The van der Waals surface area contributed by atoms with E-state index in [1.807, 2.05) is 0 Å². The number of amides is 3. The maximum Gasteiger partial charge on any atom is 0.353 e. The number of hydrogen-bond donors (Lipinski definition) is 3. The van der Waals surface area contributed by atoms with Gasteiger partial charge >= 0.3 is 11.7 Å². The van der Waals surface area contributed by atoms with Crippen molar-refractivity contribution in [2.75, 3.05) is 19.7 Å². The van der Waals surface area contributed by atoms with Crippen LogP contribution in [0.3, 0.4) is 0 Å². The molecule has 2 heterocycles. The van der Waals surface area contributed by atoms with Crippen molar-refractivity contribution < 1.29 is 23.9 Å². The Hall–Kier alpha value is -3.84. The highest BCUT2D eigenvalue weighted by atomic mass is 16.5. The van der Waals surface area contributed by atoms with Crippen LogP contribution in [0.25, 0.3) is 5.65 Å². The molecule has 144 valence electrons. The Kier molecular flexibility index (Phi) is 6.14. The summed E-state index contributed by atoms with van der Waals surface area (Å²) in [7, 11) is 0. The van der Waals surface area contributed by atoms with Crippen LogP contribution < -0.4 is 22.1 Å². The number of rotatable bonds is 8. The molecule has 0 spiro atoms. The Labute approximate surface area is 150 Å². The molecule has 27 heavy (non-hydrogen) atoms. The molecule has 0 atom stereocenters. The summed E-state index contributed by atoms with van der Waals surface area (Å²) in [5.74, 6) is -2.81. The lowest BCUT2D eigenvalue weighted by Gasteiger charge is -2.07. The van der Waals surface area contributed by atoms with Gasteiger partial charge in [-0.2, -0.15) is 4.68 Å². The molecule has 3 amide bonds. The van der Waals surface area contributed by atoms with E-state index in [2.05, 4.69) is 30.7 Å². The second-order valence-corrected chi connectivity index (χ2v) is 5.04. The Morgan fingerprint density at radius 3 is 2.56 bits per heavy atom. The van der Waals surface area contributed by atoms with E-state index >= 15 is 0 Å². The third kappa shape index (κ3) is 4.83. The van der Waals surface area contributed by atoms with Crippen molar-refractivity contribution in [3.05, 3.63) is 22.5 Å². The lowest BCUT2D eigenvalue weighted by Crippen LogP contribution is -2.42. The van der Waals surface area contributed by atoms with Crippen molar-refractivity contribution in [2.45, 2.75) is 13.5 Å². The number of aromatic nitrogens is 5. The van der Waals surface area contributed by atoms with Gasteiger partial charge in [-0.25, -0.2) is 14.2 Å². The van der Waals surface area contributed by atoms with Crippen LogP contribution >= 0.6 is 0 Å². The Morgan fingerprint density at radius 2 is 1.89 bits per heavy atom. The first-order valence-corrected chi connectivity index (χ1v) is 7.63. The zero-order valence-corrected chi connectivity index (χ0v) is 14.2. The lowest BCUT2D eigenvalue weighted by atomic mass is 10.4. The number of carbonyl (C=O) groups excluding carboxylic acids is 4. The van der Waals surface area contributed by atoms with Crippen LogP contribution in [0, 0.1) is 0 Å². The van der Waals surface area contributed by atoms with Gasteiger partial charge in [0.1, 0.15) is 19.4 Å². The van der Waals surface area contributed by atoms with Gasteiger partial charge in [0.05, 0.1) is 13.2 Å². The minimum Gasteiger partial charge on any atom is -0.465 e. The Morgan fingerprint density at radius 1 is 1.19 bits per heavy atom. The number of imidazole rings is 1. The second kappa shape index (κ2) is 8.50. The molecule has 14 heteroatoms. The number of nitrogens with one attached hydrogen (secondary N) is 2. The molecule has 2 aromatic rings.